The zero-order valence-corrected chi connectivity index (χ0v) is 14.3. The van der Waals surface area contributed by atoms with Gasteiger partial charge in [-0.3, -0.25) is 14.2 Å². The summed E-state index contributed by atoms with van der Waals surface area (Å²) in [5.41, 5.74) is 0.734. The molecular weight excluding hydrogens is 376 g/mol. The van der Waals surface area contributed by atoms with Crippen LogP contribution in [0, 0.1) is 0 Å². The number of hydrogen-bond donors (Lipinski definition) is 1. The summed E-state index contributed by atoms with van der Waals surface area (Å²) in [7, 11) is 1.47. The van der Waals surface area contributed by atoms with E-state index < -0.39 is 0 Å². The highest BCUT2D eigenvalue weighted by molar-refractivity contribution is 9.10. The molecule has 0 spiro atoms. The van der Waals surface area contributed by atoms with Crippen LogP contribution in [0.2, 0.25) is 0 Å². The number of amides is 1. The fourth-order valence-corrected chi connectivity index (χ4v) is 2.60. The van der Waals surface area contributed by atoms with Crippen LogP contribution in [-0.2, 0) is 11.3 Å². The molecule has 1 N–H and O–H groups in total. The minimum Gasteiger partial charge on any atom is -0.480 e. The summed E-state index contributed by atoms with van der Waals surface area (Å²) in [4.78, 5) is 32.9. The van der Waals surface area contributed by atoms with Crippen LogP contribution in [-0.4, -0.2) is 27.6 Å². The lowest BCUT2D eigenvalue weighted by molar-refractivity contribution is -0.116. The molecule has 0 atom stereocenters. The number of nitrogens with zero attached hydrogens (tertiary/aromatic N) is 3. The van der Waals surface area contributed by atoms with E-state index in [4.69, 9.17) is 4.74 Å². The summed E-state index contributed by atoms with van der Waals surface area (Å²) in [5, 5.41) is 3.12. The van der Waals surface area contributed by atoms with E-state index in [1.165, 1.54) is 18.0 Å². The second-order valence-electron chi connectivity index (χ2n) is 4.95. The second-order valence-corrected chi connectivity index (χ2v) is 5.86. The summed E-state index contributed by atoms with van der Waals surface area (Å²) in [5.74, 6) is -0.0710. The lowest BCUT2D eigenvalue weighted by atomic mass is 10.2. The summed E-state index contributed by atoms with van der Waals surface area (Å²) < 4.78 is 7.11. The first-order valence-electron chi connectivity index (χ1n) is 7.02. The Bertz CT molecular complexity index is 971. The van der Waals surface area contributed by atoms with Gasteiger partial charge in [0.25, 0.3) is 5.56 Å². The molecule has 0 radical (unpaired) electrons. The number of carbonyl (C=O) groups is 1. The van der Waals surface area contributed by atoms with E-state index in [0.29, 0.717) is 22.5 Å². The van der Waals surface area contributed by atoms with Crippen molar-refractivity contribution in [1.82, 2.24) is 14.5 Å². The van der Waals surface area contributed by atoms with Gasteiger partial charge in [0.2, 0.25) is 11.8 Å². The lowest BCUT2D eigenvalue weighted by Gasteiger charge is -2.10. The molecule has 0 saturated carbocycles. The molecule has 2 heterocycles. The third-order valence-corrected chi connectivity index (χ3v) is 3.83. The molecule has 0 fully saturated rings. The van der Waals surface area contributed by atoms with Gasteiger partial charge in [-0.15, -0.1) is 0 Å². The Labute approximate surface area is 145 Å². The van der Waals surface area contributed by atoms with Gasteiger partial charge in [-0.25, -0.2) is 9.97 Å². The number of carbonyl (C=O) groups excluding carboxylic acids is 1. The maximum absolute atomic E-state index is 12.5. The van der Waals surface area contributed by atoms with Crippen molar-refractivity contribution in [3.8, 4) is 5.88 Å². The Hall–Kier alpha value is -2.74. The number of halogens is 1. The van der Waals surface area contributed by atoms with Crippen LogP contribution >= 0.6 is 15.9 Å². The molecular formula is C16H13BrN4O3. The number of nitrogens with one attached hydrogen (secondary N) is 1. The van der Waals surface area contributed by atoms with Crippen LogP contribution in [0.4, 0.5) is 5.69 Å². The Morgan fingerprint density at radius 2 is 2.17 bits per heavy atom. The number of fused-ring (bicyclic) bond motifs is 1. The van der Waals surface area contributed by atoms with E-state index in [1.54, 1.807) is 36.5 Å². The minimum atomic E-state index is -0.375. The first kappa shape index (κ1) is 16.1. The van der Waals surface area contributed by atoms with E-state index in [-0.39, 0.29) is 18.0 Å². The van der Waals surface area contributed by atoms with Gasteiger partial charge in [0.15, 0.2) is 0 Å². The van der Waals surface area contributed by atoms with E-state index in [0.717, 1.165) is 4.47 Å². The van der Waals surface area contributed by atoms with Gasteiger partial charge in [0.05, 0.1) is 24.3 Å². The Kier molecular flexibility index (Phi) is 4.57. The van der Waals surface area contributed by atoms with Crippen molar-refractivity contribution in [2.75, 3.05) is 12.4 Å². The Morgan fingerprint density at radius 1 is 1.33 bits per heavy atom. The Balaban J connectivity index is 1.85. The topological polar surface area (TPSA) is 86.1 Å². The van der Waals surface area contributed by atoms with Crippen molar-refractivity contribution in [3.05, 3.63) is 57.7 Å². The average Bonchev–Trinajstić information content (AvgIpc) is 2.58. The third kappa shape index (κ3) is 3.28. The first-order valence-corrected chi connectivity index (χ1v) is 7.81. The molecule has 0 bridgehead atoms. The van der Waals surface area contributed by atoms with Crippen molar-refractivity contribution in [1.29, 1.82) is 0 Å². The van der Waals surface area contributed by atoms with Crippen LogP contribution in [0.3, 0.4) is 0 Å². The molecule has 0 aliphatic carbocycles. The van der Waals surface area contributed by atoms with Crippen molar-refractivity contribution in [3.63, 3.8) is 0 Å². The van der Waals surface area contributed by atoms with Gasteiger partial charge in [-0.1, -0.05) is 15.9 Å². The van der Waals surface area contributed by atoms with E-state index in [9.17, 15) is 9.59 Å². The number of aromatic nitrogens is 3. The molecule has 2 aromatic heterocycles. The molecule has 1 amide bonds. The zero-order valence-electron chi connectivity index (χ0n) is 12.7. The van der Waals surface area contributed by atoms with Crippen molar-refractivity contribution in [2.45, 2.75) is 6.54 Å². The molecule has 3 rings (SSSR count). The fraction of sp³-hybridized carbons (Fsp3) is 0.125. The van der Waals surface area contributed by atoms with Crippen LogP contribution in [0.1, 0.15) is 0 Å². The van der Waals surface area contributed by atoms with Crippen LogP contribution in [0.15, 0.2) is 52.1 Å². The Morgan fingerprint density at radius 3 is 2.96 bits per heavy atom. The van der Waals surface area contributed by atoms with Gasteiger partial charge in [0, 0.05) is 10.7 Å². The van der Waals surface area contributed by atoms with Crippen LogP contribution < -0.4 is 15.6 Å². The number of ether oxygens (including phenoxy) is 1. The number of hydrogen-bond acceptors (Lipinski definition) is 5. The van der Waals surface area contributed by atoms with Crippen molar-refractivity contribution < 1.29 is 9.53 Å². The molecule has 1 aromatic carbocycles. The maximum atomic E-state index is 12.5. The normalized spacial score (nSPS) is 10.6. The molecule has 0 aliphatic heterocycles. The molecule has 24 heavy (non-hydrogen) atoms. The SMILES string of the molecule is COc1ncccc1NC(=O)Cn1cnc2ccc(Br)cc2c1=O. The molecule has 0 saturated heterocycles. The van der Waals surface area contributed by atoms with E-state index in [1.807, 2.05) is 0 Å². The highest BCUT2D eigenvalue weighted by Crippen LogP contribution is 2.19. The number of anilines is 1. The predicted molar refractivity (Wildman–Crippen MR) is 93.1 cm³/mol. The summed E-state index contributed by atoms with van der Waals surface area (Å²) in [6, 6.07) is 8.58. The zero-order chi connectivity index (χ0) is 17.1. The van der Waals surface area contributed by atoms with E-state index in [2.05, 4.69) is 31.2 Å². The molecule has 122 valence electrons. The highest BCUT2D eigenvalue weighted by Gasteiger charge is 2.11. The summed E-state index contributed by atoms with van der Waals surface area (Å²) >= 11 is 3.33. The lowest BCUT2D eigenvalue weighted by Crippen LogP contribution is -2.28. The van der Waals surface area contributed by atoms with Gasteiger partial charge < -0.3 is 10.1 Å². The maximum Gasteiger partial charge on any atom is 0.261 e. The van der Waals surface area contributed by atoms with Crippen molar-refractivity contribution in [2.24, 2.45) is 0 Å². The summed E-state index contributed by atoms with van der Waals surface area (Å²) in [6.07, 6.45) is 2.92. The standard InChI is InChI=1S/C16H13BrN4O3/c1-24-15-13(3-2-6-18-15)20-14(22)8-21-9-19-12-5-4-10(17)7-11(12)16(21)23/h2-7,9H,8H2,1H3,(H,20,22). The average molecular weight is 389 g/mol. The molecule has 0 aliphatic rings. The quantitative estimate of drug-likeness (QED) is 0.740. The largest absolute Gasteiger partial charge is 0.480 e. The molecule has 7 nitrogen and oxygen atoms in total. The highest BCUT2D eigenvalue weighted by atomic mass is 79.9. The third-order valence-electron chi connectivity index (χ3n) is 3.34. The van der Waals surface area contributed by atoms with E-state index >= 15 is 0 Å². The first-order chi connectivity index (χ1) is 11.6. The number of rotatable bonds is 4. The van der Waals surface area contributed by atoms with Gasteiger partial charge in [-0.2, -0.15) is 0 Å². The second kappa shape index (κ2) is 6.79. The minimum absolute atomic E-state index is 0.160. The number of pyridine rings is 1. The smallest absolute Gasteiger partial charge is 0.261 e. The fourth-order valence-electron chi connectivity index (χ4n) is 2.24. The molecule has 3 aromatic rings. The molecule has 0 unspecified atom stereocenters. The van der Waals surface area contributed by atoms with Gasteiger partial charge in [-0.05, 0) is 30.3 Å². The van der Waals surface area contributed by atoms with Crippen molar-refractivity contribution >= 4 is 38.4 Å². The number of methoxy groups -OCH3 is 1. The monoisotopic (exact) mass is 388 g/mol. The summed E-state index contributed by atoms with van der Waals surface area (Å²) in [6.45, 7) is -0.160. The predicted octanol–water partition coefficient (Wildman–Crippen LogP) is 2.20. The van der Waals surface area contributed by atoms with Crippen LogP contribution in [0.5, 0.6) is 5.88 Å². The van der Waals surface area contributed by atoms with Crippen LogP contribution in [0.25, 0.3) is 10.9 Å². The molecule has 8 heteroatoms. The number of benzene rings is 1. The van der Waals surface area contributed by atoms with Gasteiger partial charge in [0.1, 0.15) is 12.2 Å². The van der Waals surface area contributed by atoms with Gasteiger partial charge >= 0.3 is 0 Å².